The molecule has 1 fully saturated rings. The minimum absolute atomic E-state index is 0.0470. The number of carbonyl (C=O) groups excluding carboxylic acids is 1. The van der Waals surface area contributed by atoms with Crippen LogP contribution in [0, 0.1) is 11.3 Å². The van der Waals surface area contributed by atoms with Crippen LogP contribution in [-0.2, 0) is 9.53 Å². The number of hydrogen-bond acceptors (Lipinski definition) is 3. The summed E-state index contributed by atoms with van der Waals surface area (Å²) in [5.74, 6) is 0.654. The summed E-state index contributed by atoms with van der Waals surface area (Å²) in [6.45, 7) is 8.87. The highest BCUT2D eigenvalue weighted by Crippen LogP contribution is 2.26. The molecular formula is C16H31NO3. The highest BCUT2D eigenvalue weighted by molar-refractivity contribution is 5.80. The van der Waals surface area contributed by atoms with Crippen LogP contribution in [0.2, 0.25) is 0 Å². The Balaban J connectivity index is 2.31. The fraction of sp³-hybridized carbons (Fsp3) is 0.938. The highest BCUT2D eigenvalue weighted by Gasteiger charge is 2.25. The van der Waals surface area contributed by atoms with Gasteiger partial charge in [0.15, 0.2) is 0 Å². The lowest BCUT2D eigenvalue weighted by Gasteiger charge is -2.30. The molecular weight excluding hydrogens is 254 g/mol. The average molecular weight is 285 g/mol. The SMILES string of the molecule is CC1CCCC(OC(C)C(=O)NCC(C)(C)CCO)C1. The van der Waals surface area contributed by atoms with Crippen LogP contribution < -0.4 is 5.32 Å². The molecule has 0 radical (unpaired) electrons. The monoisotopic (exact) mass is 285 g/mol. The molecule has 2 N–H and O–H groups in total. The Kier molecular flexibility index (Phi) is 6.96. The van der Waals surface area contributed by atoms with Crippen LogP contribution in [0.4, 0.5) is 0 Å². The fourth-order valence-electron chi connectivity index (χ4n) is 2.71. The van der Waals surface area contributed by atoms with Crippen molar-refractivity contribution in [1.29, 1.82) is 0 Å². The van der Waals surface area contributed by atoms with Gasteiger partial charge >= 0.3 is 0 Å². The maximum Gasteiger partial charge on any atom is 0.248 e. The summed E-state index contributed by atoms with van der Waals surface area (Å²) in [5, 5.41) is 11.9. The molecule has 118 valence electrons. The Bertz CT molecular complexity index is 304. The lowest BCUT2D eigenvalue weighted by molar-refractivity contribution is -0.137. The lowest BCUT2D eigenvalue weighted by Crippen LogP contribution is -2.42. The van der Waals surface area contributed by atoms with E-state index >= 15 is 0 Å². The first-order valence-electron chi connectivity index (χ1n) is 7.88. The van der Waals surface area contributed by atoms with Crippen LogP contribution in [0.25, 0.3) is 0 Å². The van der Waals surface area contributed by atoms with Crippen molar-refractivity contribution in [2.45, 2.75) is 72.0 Å². The predicted molar refractivity (Wildman–Crippen MR) is 80.5 cm³/mol. The van der Waals surface area contributed by atoms with Gasteiger partial charge in [0.1, 0.15) is 6.10 Å². The molecule has 1 amide bonds. The third-order valence-corrected chi connectivity index (χ3v) is 4.18. The van der Waals surface area contributed by atoms with E-state index in [1.165, 1.54) is 12.8 Å². The van der Waals surface area contributed by atoms with Gasteiger partial charge in [-0.25, -0.2) is 0 Å². The zero-order chi connectivity index (χ0) is 15.2. The van der Waals surface area contributed by atoms with Crippen molar-refractivity contribution in [3.8, 4) is 0 Å². The Morgan fingerprint density at radius 2 is 2.15 bits per heavy atom. The number of ether oxygens (including phenoxy) is 1. The van der Waals surface area contributed by atoms with Gasteiger partial charge in [-0.3, -0.25) is 4.79 Å². The first-order chi connectivity index (χ1) is 9.34. The molecule has 1 saturated carbocycles. The second-order valence-electron chi connectivity index (χ2n) is 7.03. The van der Waals surface area contributed by atoms with Gasteiger partial charge in [0.05, 0.1) is 6.10 Å². The summed E-state index contributed by atoms with van der Waals surface area (Å²) in [7, 11) is 0. The molecule has 4 heteroatoms. The van der Waals surface area contributed by atoms with Gasteiger partial charge in [-0.2, -0.15) is 0 Å². The molecule has 1 aliphatic carbocycles. The highest BCUT2D eigenvalue weighted by atomic mass is 16.5. The molecule has 0 aromatic heterocycles. The summed E-state index contributed by atoms with van der Waals surface area (Å²) in [5.41, 5.74) is -0.0799. The molecule has 0 heterocycles. The zero-order valence-corrected chi connectivity index (χ0v) is 13.4. The number of carbonyl (C=O) groups is 1. The molecule has 1 rings (SSSR count). The molecule has 3 unspecified atom stereocenters. The van der Waals surface area contributed by atoms with Gasteiger partial charge in [0.2, 0.25) is 5.91 Å². The third kappa shape index (κ3) is 6.23. The van der Waals surface area contributed by atoms with Crippen molar-refractivity contribution >= 4 is 5.91 Å². The number of amides is 1. The molecule has 0 bridgehead atoms. The first-order valence-corrected chi connectivity index (χ1v) is 7.88. The Morgan fingerprint density at radius 1 is 1.45 bits per heavy atom. The van der Waals surface area contributed by atoms with E-state index in [9.17, 15) is 4.79 Å². The van der Waals surface area contributed by atoms with E-state index in [-0.39, 0.29) is 24.0 Å². The number of hydrogen-bond donors (Lipinski definition) is 2. The van der Waals surface area contributed by atoms with Gasteiger partial charge in [-0.1, -0.05) is 33.6 Å². The van der Waals surface area contributed by atoms with Gasteiger partial charge in [0, 0.05) is 13.2 Å². The van der Waals surface area contributed by atoms with Gasteiger partial charge < -0.3 is 15.2 Å². The molecule has 1 aliphatic rings. The molecule has 4 nitrogen and oxygen atoms in total. The normalized spacial score (nSPS) is 25.2. The molecule has 0 aliphatic heterocycles. The average Bonchev–Trinajstić information content (AvgIpc) is 2.36. The summed E-state index contributed by atoms with van der Waals surface area (Å²) in [6, 6.07) is 0. The standard InChI is InChI=1S/C16H31NO3/c1-12-6-5-7-14(10-12)20-13(2)15(19)17-11-16(3,4)8-9-18/h12-14,18H,5-11H2,1-4H3,(H,17,19). The maximum absolute atomic E-state index is 12.1. The number of aliphatic hydroxyl groups excluding tert-OH is 1. The van der Waals surface area contributed by atoms with E-state index < -0.39 is 6.10 Å². The second-order valence-corrected chi connectivity index (χ2v) is 7.03. The van der Waals surface area contributed by atoms with E-state index in [1.807, 2.05) is 20.8 Å². The van der Waals surface area contributed by atoms with E-state index in [4.69, 9.17) is 9.84 Å². The molecule has 0 saturated heterocycles. The first kappa shape index (κ1) is 17.4. The molecule has 3 atom stereocenters. The maximum atomic E-state index is 12.1. The molecule has 0 spiro atoms. The lowest BCUT2D eigenvalue weighted by atomic mass is 9.88. The number of rotatable bonds is 7. The summed E-state index contributed by atoms with van der Waals surface area (Å²) in [6.07, 6.45) is 5.12. The van der Waals surface area contributed by atoms with Gasteiger partial charge in [-0.05, 0) is 37.5 Å². The Labute approximate surface area is 123 Å². The second kappa shape index (κ2) is 7.99. The molecule has 0 aromatic carbocycles. The van der Waals surface area contributed by atoms with Crippen LogP contribution in [0.3, 0.4) is 0 Å². The van der Waals surface area contributed by atoms with Crippen molar-refractivity contribution in [1.82, 2.24) is 5.32 Å². The van der Waals surface area contributed by atoms with E-state index in [0.29, 0.717) is 18.9 Å². The summed E-state index contributed by atoms with van der Waals surface area (Å²) < 4.78 is 5.89. The van der Waals surface area contributed by atoms with Gasteiger partial charge in [0.25, 0.3) is 0 Å². The Hall–Kier alpha value is -0.610. The van der Waals surface area contributed by atoms with E-state index in [0.717, 1.165) is 12.8 Å². The molecule has 0 aromatic rings. The van der Waals surface area contributed by atoms with Crippen LogP contribution >= 0.6 is 0 Å². The van der Waals surface area contributed by atoms with Crippen molar-refractivity contribution < 1.29 is 14.6 Å². The number of aliphatic hydroxyl groups is 1. The van der Waals surface area contributed by atoms with Crippen molar-refractivity contribution in [3.63, 3.8) is 0 Å². The summed E-state index contributed by atoms with van der Waals surface area (Å²) in [4.78, 5) is 12.1. The quantitative estimate of drug-likeness (QED) is 0.755. The Morgan fingerprint density at radius 3 is 2.75 bits per heavy atom. The topological polar surface area (TPSA) is 58.6 Å². The third-order valence-electron chi connectivity index (χ3n) is 4.18. The van der Waals surface area contributed by atoms with Crippen molar-refractivity contribution in [2.75, 3.05) is 13.2 Å². The van der Waals surface area contributed by atoms with Crippen LogP contribution in [0.15, 0.2) is 0 Å². The van der Waals surface area contributed by atoms with Gasteiger partial charge in [-0.15, -0.1) is 0 Å². The zero-order valence-electron chi connectivity index (χ0n) is 13.4. The minimum Gasteiger partial charge on any atom is -0.396 e. The van der Waals surface area contributed by atoms with E-state index in [1.54, 1.807) is 0 Å². The summed E-state index contributed by atoms with van der Waals surface area (Å²) >= 11 is 0. The number of nitrogens with one attached hydrogen (secondary N) is 1. The largest absolute Gasteiger partial charge is 0.396 e. The smallest absolute Gasteiger partial charge is 0.248 e. The fourth-order valence-corrected chi connectivity index (χ4v) is 2.71. The van der Waals surface area contributed by atoms with Crippen LogP contribution in [0.1, 0.15) is 59.8 Å². The van der Waals surface area contributed by atoms with Crippen LogP contribution in [-0.4, -0.2) is 36.4 Å². The predicted octanol–water partition coefficient (Wildman–Crippen LogP) is 2.50. The molecule has 20 heavy (non-hydrogen) atoms. The van der Waals surface area contributed by atoms with Crippen molar-refractivity contribution in [2.24, 2.45) is 11.3 Å². The van der Waals surface area contributed by atoms with E-state index in [2.05, 4.69) is 12.2 Å². The van der Waals surface area contributed by atoms with Crippen molar-refractivity contribution in [3.05, 3.63) is 0 Å². The van der Waals surface area contributed by atoms with Crippen LogP contribution in [0.5, 0.6) is 0 Å². The minimum atomic E-state index is -0.393.